The Balaban J connectivity index is 1.46. The number of anilines is 5. The van der Waals surface area contributed by atoms with E-state index >= 15 is 0 Å². The van der Waals surface area contributed by atoms with Gasteiger partial charge >= 0.3 is 0 Å². The van der Waals surface area contributed by atoms with Crippen molar-refractivity contribution in [1.29, 1.82) is 0 Å². The van der Waals surface area contributed by atoms with Gasteiger partial charge in [0, 0.05) is 18.8 Å². The molecule has 0 spiro atoms. The third-order valence-electron chi connectivity index (χ3n) is 6.78. The molecule has 282 valence electrons. The van der Waals surface area contributed by atoms with Crippen molar-refractivity contribution in [3.8, 4) is 5.75 Å². The van der Waals surface area contributed by atoms with E-state index in [1.165, 1.54) is 62.6 Å². The molecule has 6 N–H and O–H groups in total. The number of nitrogens with zero attached hydrogens (tertiary/aromatic N) is 5. The van der Waals surface area contributed by atoms with Crippen LogP contribution in [0.3, 0.4) is 0 Å². The Kier molecular flexibility index (Phi) is 13.1. The van der Waals surface area contributed by atoms with Crippen molar-refractivity contribution in [2.45, 2.75) is 22.8 Å². The lowest BCUT2D eigenvalue weighted by atomic mass is 10.2. The fraction of sp³-hybridized carbons (Fsp3) is 0.233. The zero-order chi connectivity index (χ0) is 38.8. The van der Waals surface area contributed by atoms with Crippen molar-refractivity contribution in [3.63, 3.8) is 0 Å². The number of aromatic nitrogens is 3. The van der Waals surface area contributed by atoms with Crippen molar-refractivity contribution in [2.24, 2.45) is 10.2 Å². The molecule has 1 unspecified atom stereocenters. The molecule has 0 radical (unpaired) electrons. The number of rotatable bonds is 18. The molecule has 4 rings (SSSR count). The van der Waals surface area contributed by atoms with Crippen molar-refractivity contribution >= 4 is 76.7 Å². The topological polar surface area (TPSA) is 298 Å². The molecule has 0 fully saturated rings. The number of hydrogen-bond acceptors (Lipinski definition) is 17. The summed E-state index contributed by atoms with van der Waals surface area (Å²) in [5.74, 6) is -2.70. The second-order valence-corrected chi connectivity index (χ2v) is 15.9. The Bertz CT molecular complexity index is 2250. The highest BCUT2D eigenvalue weighted by molar-refractivity contribution is 7.91. The lowest BCUT2D eigenvalue weighted by Gasteiger charge is -2.12. The van der Waals surface area contributed by atoms with Crippen LogP contribution < -0.4 is 26.0 Å². The van der Waals surface area contributed by atoms with Crippen LogP contribution in [0.25, 0.3) is 0 Å². The van der Waals surface area contributed by atoms with Gasteiger partial charge in [-0.2, -0.15) is 42.0 Å². The average molecular weight is 792 g/mol. The van der Waals surface area contributed by atoms with Crippen LogP contribution in [-0.4, -0.2) is 98.7 Å². The minimum Gasteiger partial charge on any atom is -0.495 e. The van der Waals surface area contributed by atoms with Crippen LogP contribution in [0.2, 0.25) is 0 Å². The van der Waals surface area contributed by atoms with Crippen molar-refractivity contribution in [2.75, 3.05) is 53.0 Å². The van der Waals surface area contributed by atoms with Gasteiger partial charge in [-0.25, -0.2) is 8.42 Å². The number of methoxy groups -OCH3 is 1. The Morgan fingerprint density at radius 2 is 1.26 bits per heavy atom. The Hall–Kier alpha value is -5.62. The van der Waals surface area contributed by atoms with E-state index in [0.717, 1.165) is 0 Å². The summed E-state index contributed by atoms with van der Waals surface area (Å²) in [6.07, 6.45) is 0. The minimum absolute atomic E-state index is 0.0853. The molecule has 1 amide bonds. The van der Waals surface area contributed by atoms with E-state index in [0.29, 0.717) is 17.1 Å². The molecule has 0 aliphatic rings. The minimum atomic E-state index is -4.30. The number of azo groups is 1. The van der Waals surface area contributed by atoms with Crippen LogP contribution in [-0.2, 0) is 39.7 Å². The van der Waals surface area contributed by atoms with Crippen LogP contribution in [0, 0.1) is 0 Å². The first-order valence-electron chi connectivity index (χ1n) is 15.1. The zero-order valence-electron chi connectivity index (χ0n) is 27.9. The number of benzene rings is 3. The average Bonchev–Trinajstić information content (AvgIpc) is 3.08. The van der Waals surface area contributed by atoms with Crippen LogP contribution in [0.5, 0.6) is 5.75 Å². The molecule has 0 saturated heterocycles. The Morgan fingerprint density at radius 1 is 0.755 bits per heavy atom. The fourth-order valence-electron chi connectivity index (χ4n) is 4.24. The van der Waals surface area contributed by atoms with Crippen molar-refractivity contribution in [3.05, 3.63) is 72.8 Å². The summed E-state index contributed by atoms with van der Waals surface area (Å²) in [5.41, 5.74) is 0.825. The van der Waals surface area contributed by atoms with Crippen LogP contribution in [0.15, 0.2) is 92.8 Å². The van der Waals surface area contributed by atoms with Crippen molar-refractivity contribution < 1.29 is 48.7 Å². The lowest BCUT2D eigenvalue weighted by Crippen LogP contribution is -2.31. The van der Waals surface area contributed by atoms with Gasteiger partial charge in [-0.1, -0.05) is 12.1 Å². The number of nitrogens with one attached hydrogen (secondary N) is 4. The highest BCUT2D eigenvalue weighted by atomic mass is 32.2. The largest absolute Gasteiger partial charge is 0.495 e. The highest BCUT2D eigenvalue weighted by Gasteiger charge is 2.24. The van der Waals surface area contributed by atoms with Gasteiger partial charge in [-0.15, -0.1) is 0 Å². The van der Waals surface area contributed by atoms with Crippen LogP contribution in [0.4, 0.5) is 34.9 Å². The number of ketones is 1. The smallest absolute Gasteiger partial charge is 0.266 e. The molecule has 1 aromatic heterocycles. The van der Waals surface area contributed by atoms with Gasteiger partial charge in [0.15, 0.2) is 5.78 Å². The standard InChI is InChI=1S/C30H33N9O11S3/c1-19(40)26(27(41)34-24-5-3-4-6-25(24)50-2)39-38-21-9-13-23(14-10-21)53(48,49)22-11-7-20(8-12-22)33-30-36-28(31-15-17-51(42,43)44)35-29(37-30)32-16-18-52(45,46)47/h3-14,26H,15-18H2,1-2H3,(H,34,41)(H,42,43,44)(H,45,46,47)(H3,31,32,33,35,36,37). The molecular formula is C30H33N9O11S3. The normalized spacial score (nSPS) is 12.5. The van der Waals surface area contributed by atoms with E-state index < -0.39 is 59.3 Å². The van der Waals surface area contributed by atoms with Gasteiger partial charge < -0.3 is 26.0 Å². The van der Waals surface area contributed by atoms with Gasteiger partial charge in [0.25, 0.3) is 26.1 Å². The summed E-state index contributed by atoms with van der Waals surface area (Å²) in [4.78, 5) is 37.0. The second-order valence-electron chi connectivity index (χ2n) is 10.8. The monoisotopic (exact) mass is 791 g/mol. The number of ether oxygens (including phenoxy) is 1. The number of carbonyl (C=O) groups is 2. The van der Waals surface area contributed by atoms with E-state index in [9.17, 15) is 34.8 Å². The van der Waals surface area contributed by atoms with Gasteiger partial charge in [-0.05, 0) is 67.6 Å². The van der Waals surface area contributed by atoms with Crippen LogP contribution in [0.1, 0.15) is 6.92 Å². The maximum absolute atomic E-state index is 13.4. The maximum atomic E-state index is 13.4. The van der Waals surface area contributed by atoms with Gasteiger partial charge in [0.1, 0.15) is 5.75 Å². The molecule has 1 atom stereocenters. The summed E-state index contributed by atoms with van der Waals surface area (Å²) in [6.45, 7) is 0.608. The summed E-state index contributed by atoms with van der Waals surface area (Å²) in [6, 6.07) is 15.8. The molecule has 1 heterocycles. The molecule has 4 aromatic rings. The Morgan fingerprint density at radius 3 is 1.77 bits per heavy atom. The molecule has 0 aliphatic heterocycles. The molecule has 53 heavy (non-hydrogen) atoms. The zero-order valence-corrected chi connectivity index (χ0v) is 30.3. The van der Waals surface area contributed by atoms with Gasteiger partial charge in [0.05, 0.1) is 39.8 Å². The second kappa shape index (κ2) is 17.3. The summed E-state index contributed by atoms with van der Waals surface area (Å²) >= 11 is 0. The summed E-state index contributed by atoms with van der Waals surface area (Å²) in [5, 5.41) is 18.4. The van der Waals surface area contributed by atoms with E-state index in [-0.39, 0.29) is 46.4 Å². The predicted octanol–water partition coefficient (Wildman–Crippen LogP) is 2.74. The molecule has 20 nitrogen and oxygen atoms in total. The SMILES string of the molecule is COc1ccccc1NC(=O)C(N=Nc1ccc(S(=O)(=O)c2ccc(Nc3nc(NCCS(=O)(=O)O)nc(NCCS(=O)(=O)O)n3)cc2)cc1)C(C)=O. The number of carbonyl (C=O) groups excluding carboxylic acids is 2. The number of hydrogen-bond donors (Lipinski definition) is 6. The lowest BCUT2D eigenvalue weighted by molar-refractivity contribution is -0.126. The number of Topliss-reactive ketones (excluding diaryl/α,β-unsaturated/α-hetero) is 1. The first-order chi connectivity index (χ1) is 24.9. The number of para-hydroxylation sites is 2. The summed E-state index contributed by atoms with van der Waals surface area (Å²) < 4.78 is 94.2. The van der Waals surface area contributed by atoms with E-state index in [1.54, 1.807) is 24.3 Å². The highest BCUT2D eigenvalue weighted by Crippen LogP contribution is 2.27. The molecule has 3 aromatic carbocycles. The third kappa shape index (κ3) is 12.2. The van der Waals surface area contributed by atoms with Gasteiger partial charge in [0.2, 0.25) is 33.7 Å². The first kappa shape index (κ1) is 40.2. The molecule has 0 saturated carbocycles. The van der Waals surface area contributed by atoms with E-state index in [1.807, 2.05) is 0 Å². The first-order valence-corrected chi connectivity index (χ1v) is 19.9. The maximum Gasteiger partial charge on any atom is 0.266 e. The molecule has 0 aliphatic carbocycles. The molecular weight excluding hydrogens is 759 g/mol. The quantitative estimate of drug-likeness (QED) is 0.0479. The van der Waals surface area contributed by atoms with Gasteiger partial charge in [-0.3, -0.25) is 18.7 Å². The van der Waals surface area contributed by atoms with Crippen molar-refractivity contribution in [1.82, 2.24) is 15.0 Å². The summed E-state index contributed by atoms with van der Waals surface area (Å²) in [7, 11) is -11.2. The van der Waals surface area contributed by atoms with E-state index in [4.69, 9.17) is 13.8 Å². The van der Waals surface area contributed by atoms with E-state index in [2.05, 4.69) is 46.4 Å². The number of amides is 1. The fourth-order valence-corrected chi connectivity index (χ4v) is 6.22. The Labute approximate surface area is 304 Å². The molecule has 23 heteroatoms. The van der Waals surface area contributed by atoms with Crippen LogP contribution >= 0.6 is 0 Å². The third-order valence-corrected chi connectivity index (χ3v) is 10.0. The predicted molar refractivity (Wildman–Crippen MR) is 192 cm³/mol. The molecule has 0 bridgehead atoms. The number of sulfone groups is 1.